The number of carbonyl (C=O) groups is 2. The molecule has 0 aromatic heterocycles. The maximum absolute atomic E-state index is 13.8. The Morgan fingerprint density at radius 1 is 1.11 bits per heavy atom. The van der Waals surface area contributed by atoms with Crippen LogP contribution in [-0.2, 0) is 11.3 Å². The fourth-order valence-electron chi connectivity index (χ4n) is 2.74. The maximum Gasteiger partial charge on any atom is 0.251 e. The molecule has 2 aromatic rings. The second kappa shape index (κ2) is 9.23. The summed E-state index contributed by atoms with van der Waals surface area (Å²) >= 11 is 0. The van der Waals surface area contributed by atoms with Crippen molar-refractivity contribution in [2.75, 3.05) is 20.6 Å². The first kappa shape index (κ1) is 20.5. The first-order valence-electron chi connectivity index (χ1n) is 8.54. The van der Waals surface area contributed by atoms with E-state index in [1.54, 1.807) is 38.1 Å². The summed E-state index contributed by atoms with van der Waals surface area (Å²) in [6, 6.07) is 9.82. The molecule has 1 atom stereocenters. The maximum atomic E-state index is 13.8. The smallest absolute Gasteiger partial charge is 0.251 e. The molecule has 144 valence electrons. The van der Waals surface area contributed by atoms with Crippen LogP contribution in [0, 0.1) is 11.6 Å². The van der Waals surface area contributed by atoms with E-state index in [9.17, 15) is 18.4 Å². The van der Waals surface area contributed by atoms with Gasteiger partial charge >= 0.3 is 0 Å². The van der Waals surface area contributed by atoms with E-state index in [1.807, 2.05) is 12.1 Å². The molecule has 0 unspecified atom stereocenters. The molecule has 0 bridgehead atoms. The number of carbonyl (C=O) groups excluding carboxylic acids is 2. The summed E-state index contributed by atoms with van der Waals surface area (Å²) in [7, 11) is 3.36. The minimum Gasteiger partial charge on any atom is -0.355 e. The largest absolute Gasteiger partial charge is 0.355 e. The van der Waals surface area contributed by atoms with Crippen molar-refractivity contribution in [1.82, 2.24) is 15.5 Å². The Balaban J connectivity index is 1.88. The van der Waals surface area contributed by atoms with Crippen molar-refractivity contribution in [1.29, 1.82) is 0 Å². The molecule has 27 heavy (non-hydrogen) atoms. The van der Waals surface area contributed by atoms with Gasteiger partial charge in [0, 0.05) is 30.8 Å². The molecular weight excluding hydrogens is 352 g/mol. The van der Waals surface area contributed by atoms with Gasteiger partial charge in [-0.05, 0) is 37.7 Å². The van der Waals surface area contributed by atoms with Crippen molar-refractivity contribution in [3.63, 3.8) is 0 Å². The SMILES string of the molecule is CNC(=O)c1ccc(CN(C)CC(=O)N[C@H](C)c2ccc(F)cc2F)cc1. The number of amides is 2. The lowest BCUT2D eigenvalue weighted by Gasteiger charge is -2.19. The standard InChI is InChI=1S/C20H23F2N3O2/c1-13(17-9-8-16(21)10-18(17)22)24-19(26)12-25(3)11-14-4-6-15(7-5-14)20(27)23-2/h4-10,13H,11-12H2,1-3H3,(H,23,27)(H,24,26)/t13-/m1/s1. The number of benzene rings is 2. The highest BCUT2D eigenvalue weighted by molar-refractivity contribution is 5.93. The molecule has 0 saturated carbocycles. The Labute approximate surface area is 157 Å². The minimum atomic E-state index is -0.688. The van der Waals surface area contributed by atoms with Crippen molar-refractivity contribution < 1.29 is 18.4 Å². The van der Waals surface area contributed by atoms with Crippen LogP contribution in [0.25, 0.3) is 0 Å². The Morgan fingerprint density at radius 2 is 1.78 bits per heavy atom. The number of nitrogens with one attached hydrogen (secondary N) is 2. The molecule has 0 saturated heterocycles. The number of likely N-dealkylation sites (N-methyl/N-ethyl adjacent to an activating group) is 1. The summed E-state index contributed by atoms with van der Waals surface area (Å²) in [5.74, 6) is -1.77. The van der Waals surface area contributed by atoms with E-state index >= 15 is 0 Å². The van der Waals surface area contributed by atoms with Gasteiger partial charge in [-0.3, -0.25) is 14.5 Å². The van der Waals surface area contributed by atoms with Gasteiger partial charge in [-0.1, -0.05) is 18.2 Å². The lowest BCUT2D eigenvalue weighted by Crippen LogP contribution is -2.36. The van der Waals surface area contributed by atoms with E-state index < -0.39 is 17.7 Å². The van der Waals surface area contributed by atoms with Gasteiger partial charge in [0.1, 0.15) is 11.6 Å². The van der Waals surface area contributed by atoms with E-state index in [0.717, 1.165) is 17.7 Å². The monoisotopic (exact) mass is 375 g/mol. The molecule has 0 aliphatic rings. The highest BCUT2D eigenvalue weighted by Crippen LogP contribution is 2.17. The van der Waals surface area contributed by atoms with Crippen molar-refractivity contribution in [2.24, 2.45) is 0 Å². The molecule has 0 heterocycles. The number of nitrogens with zero attached hydrogens (tertiary/aromatic N) is 1. The average Bonchev–Trinajstić information content (AvgIpc) is 2.61. The summed E-state index contributed by atoms with van der Waals surface area (Å²) in [4.78, 5) is 25.5. The lowest BCUT2D eigenvalue weighted by molar-refractivity contribution is -0.122. The fourth-order valence-corrected chi connectivity index (χ4v) is 2.74. The molecule has 2 N–H and O–H groups in total. The molecule has 2 aromatic carbocycles. The molecule has 7 heteroatoms. The molecule has 0 radical (unpaired) electrons. The van der Waals surface area contributed by atoms with Crippen LogP contribution in [-0.4, -0.2) is 37.4 Å². The number of rotatable bonds is 7. The number of hydrogen-bond donors (Lipinski definition) is 2. The fraction of sp³-hybridized carbons (Fsp3) is 0.300. The van der Waals surface area contributed by atoms with Crippen molar-refractivity contribution in [2.45, 2.75) is 19.5 Å². The molecule has 0 spiro atoms. The molecule has 2 rings (SSSR count). The molecule has 2 amide bonds. The molecule has 0 aliphatic carbocycles. The summed E-state index contributed by atoms with van der Waals surface area (Å²) in [5, 5.41) is 5.27. The highest BCUT2D eigenvalue weighted by Gasteiger charge is 2.15. The van der Waals surface area contributed by atoms with Crippen LogP contribution < -0.4 is 10.6 Å². The van der Waals surface area contributed by atoms with E-state index in [0.29, 0.717) is 12.1 Å². The summed E-state index contributed by atoms with van der Waals surface area (Å²) in [6.07, 6.45) is 0. The van der Waals surface area contributed by atoms with E-state index in [-0.39, 0.29) is 23.9 Å². The van der Waals surface area contributed by atoms with Crippen LogP contribution in [0.2, 0.25) is 0 Å². The minimum absolute atomic E-state index is 0.115. The predicted octanol–water partition coefficient (Wildman–Crippen LogP) is 2.63. The topological polar surface area (TPSA) is 61.4 Å². The predicted molar refractivity (Wildman–Crippen MR) is 99.1 cm³/mol. The first-order valence-corrected chi connectivity index (χ1v) is 8.54. The lowest BCUT2D eigenvalue weighted by atomic mass is 10.1. The van der Waals surface area contributed by atoms with E-state index in [1.165, 1.54) is 6.07 Å². The summed E-state index contributed by atoms with van der Waals surface area (Å²) in [6.45, 7) is 2.27. The van der Waals surface area contributed by atoms with Crippen LogP contribution in [0.5, 0.6) is 0 Å². The number of halogens is 2. The summed E-state index contributed by atoms with van der Waals surface area (Å²) < 4.78 is 26.8. The van der Waals surface area contributed by atoms with Gasteiger partial charge in [-0.2, -0.15) is 0 Å². The van der Waals surface area contributed by atoms with Gasteiger partial charge in [-0.25, -0.2) is 8.78 Å². The normalized spacial score (nSPS) is 11.9. The third-order valence-corrected chi connectivity index (χ3v) is 4.12. The quantitative estimate of drug-likeness (QED) is 0.782. The van der Waals surface area contributed by atoms with Crippen LogP contribution in [0.3, 0.4) is 0 Å². The third kappa shape index (κ3) is 5.86. The van der Waals surface area contributed by atoms with Crippen molar-refractivity contribution in [3.05, 3.63) is 70.8 Å². The molecular formula is C20H23F2N3O2. The van der Waals surface area contributed by atoms with Crippen molar-refractivity contribution >= 4 is 11.8 Å². The van der Waals surface area contributed by atoms with Crippen molar-refractivity contribution in [3.8, 4) is 0 Å². The number of hydrogen-bond acceptors (Lipinski definition) is 3. The van der Waals surface area contributed by atoms with E-state index in [4.69, 9.17) is 0 Å². The Kier molecular flexibility index (Phi) is 7.01. The van der Waals surface area contributed by atoms with Crippen LogP contribution >= 0.6 is 0 Å². The van der Waals surface area contributed by atoms with Crippen LogP contribution in [0.15, 0.2) is 42.5 Å². The van der Waals surface area contributed by atoms with E-state index in [2.05, 4.69) is 10.6 Å². The van der Waals surface area contributed by atoms with Crippen LogP contribution in [0.1, 0.15) is 34.5 Å². The van der Waals surface area contributed by atoms with Gasteiger partial charge in [-0.15, -0.1) is 0 Å². The second-order valence-electron chi connectivity index (χ2n) is 6.40. The zero-order valence-corrected chi connectivity index (χ0v) is 15.6. The van der Waals surface area contributed by atoms with Gasteiger partial charge in [0.25, 0.3) is 5.91 Å². The van der Waals surface area contributed by atoms with Gasteiger partial charge in [0.2, 0.25) is 5.91 Å². The van der Waals surface area contributed by atoms with Crippen LogP contribution in [0.4, 0.5) is 8.78 Å². The third-order valence-electron chi connectivity index (χ3n) is 4.12. The molecule has 5 nitrogen and oxygen atoms in total. The first-order chi connectivity index (χ1) is 12.8. The summed E-state index contributed by atoms with van der Waals surface area (Å²) in [5.41, 5.74) is 1.75. The second-order valence-corrected chi connectivity index (χ2v) is 6.40. The zero-order chi connectivity index (χ0) is 20.0. The highest BCUT2D eigenvalue weighted by atomic mass is 19.1. The Hall–Kier alpha value is -2.80. The molecule has 0 fully saturated rings. The molecule has 0 aliphatic heterocycles. The Morgan fingerprint density at radius 3 is 2.37 bits per heavy atom. The van der Waals surface area contributed by atoms with Gasteiger partial charge < -0.3 is 10.6 Å². The zero-order valence-electron chi connectivity index (χ0n) is 15.6. The van der Waals surface area contributed by atoms with Gasteiger partial charge in [0.05, 0.1) is 12.6 Å². The van der Waals surface area contributed by atoms with Gasteiger partial charge in [0.15, 0.2) is 0 Å². The Bertz CT molecular complexity index is 809. The average molecular weight is 375 g/mol.